The first kappa shape index (κ1) is 21.3. The van der Waals surface area contributed by atoms with Gasteiger partial charge in [-0.25, -0.2) is 16.8 Å². The van der Waals surface area contributed by atoms with E-state index in [9.17, 15) is 16.8 Å². The molecular formula is C20H25N3O4S2. The molecule has 156 valence electrons. The number of nitrogens with zero attached hydrogens (tertiary/aromatic N) is 1. The summed E-state index contributed by atoms with van der Waals surface area (Å²) >= 11 is 0. The van der Waals surface area contributed by atoms with Gasteiger partial charge in [-0.15, -0.1) is 0 Å². The zero-order valence-corrected chi connectivity index (χ0v) is 18.1. The maximum Gasteiger partial charge on any atom is 0.262 e. The second-order valence-corrected chi connectivity index (χ2v) is 10.4. The molecule has 9 heteroatoms. The molecule has 2 aromatic carbocycles. The van der Waals surface area contributed by atoms with E-state index in [1.165, 1.54) is 24.3 Å². The molecule has 0 spiro atoms. The Balaban J connectivity index is 1.80. The molecule has 0 bridgehead atoms. The van der Waals surface area contributed by atoms with E-state index in [1.807, 2.05) is 0 Å². The van der Waals surface area contributed by atoms with Gasteiger partial charge in [0.25, 0.3) is 20.0 Å². The predicted molar refractivity (Wildman–Crippen MR) is 114 cm³/mol. The van der Waals surface area contributed by atoms with Crippen LogP contribution in [-0.4, -0.2) is 29.2 Å². The molecule has 2 N–H and O–H groups in total. The standard InChI is InChI=1S/C20H25N3O4S2/c1-3-15(2)16-9-11-18(12-10-16)28(24,25)22-17-6-4-7-19(14-17)29(26,27)23-20-8-5-13-21-20/h4,6-7,9-12,14-15,22H,3,5,8,13H2,1-2H3,(H,21,23). The van der Waals surface area contributed by atoms with Gasteiger partial charge in [-0.05, 0) is 54.7 Å². The largest absolute Gasteiger partial charge is 0.280 e. The van der Waals surface area contributed by atoms with Crippen molar-refractivity contribution in [3.05, 3.63) is 54.1 Å². The molecular weight excluding hydrogens is 410 g/mol. The third-order valence-electron chi connectivity index (χ3n) is 4.89. The van der Waals surface area contributed by atoms with Gasteiger partial charge in [0.15, 0.2) is 0 Å². The first-order valence-electron chi connectivity index (χ1n) is 9.50. The van der Waals surface area contributed by atoms with Gasteiger partial charge in [0, 0.05) is 13.0 Å². The van der Waals surface area contributed by atoms with Crippen molar-refractivity contribution in [2.24, 2.45) is 4.99 Å². The van der Waals surface area contributed by atoms with E-state index in [-0.39, 0.29) is 15.5 Å². The Morgan fingerprint density at radius 2 is 1.66 bits per heavy atom. The van der Waals surface area contributed by atoms with E-state index < -0.39 is 20.0 Å². The Kier molecular flexibility index (Phi) is 6.28. The maximum atomic E-state index is 12.7. The number of anilines is 1. The average molecular weight is 436 g/mol. The van der Waals surface area contributed by atoms with Gasteiger partial charge in [-0.2, -0.15) is 0 Å². The Labute approximate surface area is 172 Å². The minimum absolute atomic E-state index is 0.0283. The van der Waals surface area contributed by atoms with Gasteiger partial charge in [0.1, 0.15) is 5.84 Å². The van der Waals surface area contributed by atoms with Gasteiger partial charge in [-0.3, -0.25) is 14.4 Å². The summed E-state index contributed by atoms with van der Waals surface area (Å²) < 4.78 is 55.4. The number of aliphatic imine (C=N–C) groups is 1. The van der Waals surface area contributed by atoms with Crippen molar-refractivity contribution in [1.82, 2.24) is 4.72 Å². The van der Waals surface area contributed by atoms with Crippen LogP contribution in [0.25, 0.3) is 0 Å². The fourth-order valence-electron chi connectivity index (χ4n) is 2.99. The lowest BCUT2D eigenvalue weighted by molar-refractivity contribution is 0.591. The van der Waals surface area contributed by atoms with E-state index in [0.717, 1.165) is 18.4 Å². The van der Waals surface area contributed by atoms with Crippen LogP contribution in [0, 0.1) is 0 Å². The molecule has 0 fully saturated rings. The minimum atomic E-state index is -3.84. The second-order valence-electron chi connectivity index (χ2n) is 7.05. The van der Waals surface area contributed by atoms with Crippen LogP contribution in [0.3, 0.4) is 0 Å². The summed E-state index contributed by atoms with van der Waals surface area (Å²) in [6, 6.07) is 12.4. The molecule has 0 saturated carbocycles. The summed E-state index contributed by atoms with van der Waals surface area (Å²) in [5.74, 6) is 0.774. The zero-order chi connectivity index (χ0) is 21.1. The summed E-state index contributed by atoms with van der Waals surface area (Å²) in [4.78, 5) is 4.20. The molecule has 3 rings (SSSR count). The van der Waals surface area contributed by atoms with Crippen molar-refractivity contribution in [1.29, 1.82) is 0 Å². The van der Waals surface area contributed by atoms with Crippen LogP contribution < -0.4 is 9.44 Å². The topological polar surface area (TPSA) is 105 Å². The number of nitrogens with one attached hydrogen (secondary N) is 2. The predicted octanol–water partition coefficient (Wildman–Crippen LogP) is 3.47. The molecule has 0 aliphatic carbocycles. The Morgan fingerprint density at radius 3 is 2.28 bits per heavy atom. The first-order chi connectivity index (χ1) is 13.7. The Hall–Kier alpha value is -2.39. The van der Waals surface area contributed by atoms with Crippen LogP contribution in [0.5, 0.6) is 0 Å². The summed E-state index contributed by atoms with van der Waals surface area (Å²) in [5, 5.41) is 0. The Bertz CT molecular complexity index is 1110. The lowest BCUT2D eigenvalue weighted by atomic mass is 9.99. The van der Waals surface area contributed by atoms with Crippen molar-refractivity contribution in [3.63, 3.8) is 0 Å². The van der Waals surface area contributed by atoms with Crippen LogP contribution in [0.1, 0.15) is 44.6 Å². The summed E-state index contributed by atoms with van der Waals surface area (Å²) in [6.07, 6.45) is 2.36. The molecule has 1 atom stereocenters. The van der Waals surface area contributed by atoms with Crippen LogP contribution in [0.4, 0.5) is 5.69 Å². The SMILES string of the molecule is CCC(C)c1ccc(S(=O)(=O)Nc2cccc(S(=O)(=O)NC3=NCCC3)c2)cc1. The molecule has 0 amide bonds. The van der Waals surface area contributed by atoms with Gasteiger partial charge in [-0.1, -0.05) is 32.0 Å². The molecule has 1 heterocycles. The summed E-state index contributed by atoms with van der Waals surface area (Å²) in [5.41, 5.74) is 1.24. The van der Waals surface area contributed by atoms with Gasteiger partial charge in [0.05, 0.1) is 15.5 Å². The maximum absolute atomic E-state index is 12.7. The second kappa shape index (κ2) is 8.54. The number of hydrogen-bond acceptors (Lipinski definition) is 5. The Morgan fingerprint density at radius 1 is 0.966 bits per heavy atom. The average Bonchev–Trinajstić information content (AvgIpc) is 3.19. The van der Waals surface area contributed by atoms with Gasteiger partial charge >= 0.3 is 0 Å². The molecule has 0 radical (unpaired) electrons. The fraction of sp³-hybridized carbons (Fsp3) is 0.350. The van der Waals surface area contributed by atoms with Crippen molar-refractivity contribution < 1.29 is 16.8 Å². The van der Waals surface area contributed by atoms with Gasteiger partial charge in [0.2, 0.25) is 0 Å². The lowest BCUT2D eigenvalue weighted by Crippen LogP contribution is -2.29. The molecule has 29 heavy (non-hydrogen) atoms. The summed E-state index contributed by atoms with van der Waals surface area (Å²) in [7, 11) is -7.66. The zero-order valence-electron chi connectivity index (χ0n) is 16.4. The van der Waals surface area contributed by atoms with Crippen LogP contribution in [-0.2, 0) is 20.0 Å². The first-order valence-corrected chi connectivity index (χ1v) is 12.5. The smallest absolute Gasteiger partial charge is 0.262 e. The molecule has 1 aliphatic rings. The van der Waals surface area contributed by atoms with Crippen molar-refractivity contribution in [2.45, 2.75) is 48.8 Å². The van der Waals surface area contributed by atoms with E-state index >= 15 is 0 Å². The number of sulfonamides is 2. The third-order valence-corrected chi connectivity index (χ3v) is 7.67. The minimum Gasteiger partial charge on any atom is -0.280 e. The fourth-order valence-corrected chi connectivity index (χ4v) is 5.17. The van der Waals surface area contributed by atoms with E-state index in [1.54, 1.807) is 24.3 Å². The van der Waals surface area contributed by atoms with Crippen LogP contribution >= 0.6 is 0 Å². The highest BCUT2D eigenvalue weighted by Gasteiger charge is 2.20. The highest BCUT2D eigenvalue weighted by molar-refractivity contribution is 7.92. The highest BCUT2D eigenvalue weighted by Crippen LogP contribution is 2.23. The number of benzene rings is 2. The number of hydrogen-bond donors (Lipinski definition) is 2. The number of rotatable bonds is 7. The van der Waals surface area contributed by atoms with E-state index in [4.69, 9.17) is 0 Å². The van der Waals surface area contributed by atoms with E-state index in [0.29, 0.717) is 24.7 Å². The number of amidine groups is 1. The molecule has 0 saturated heterocycles. The lowest BCUT2D eigenvalue weighted by Gasteiger charge is -2.12. The molecule has 0 aromatic heterocycles. The molecule has 1 aliphatic heterocycles. The monoisotopic (exact) mass is 435 g/mol. The van der Waals surface area contributed by atoms with Crippen molar-refractivity contribution in [2.75, 3.05) is 11.3 Å². The third kappa shape index (κ3) is 5.16. The molecule has 2 aromatic rings. The van der Waals surface area contributed by atoms with Gasteiger partial charge < -0.3 is 0 Å². The van der Waals surface area contributed by atoms with Crippen molar-refractivity contribution in [3.8, 4) is 0 Å². The molecule has 1 unspecified atom stereocenters. The summed E-state index contributed by atoms with van der Waals surface area (Å²) in [6.45, 7) is 4.76. The van der Waals surface area contributed by atoms with Crippen molar-refractivity contribution >= 4 is 31.6 Å². The van der Waals surface area contributed by atoms with Crippen LogP contribution in [0.15, 0.2) is 63.3 Å². The van der Waals surface area contributed by atoms with Crippen LogP contribution in [0.2, 0.25) is 0 Å². The normalized spacial score (nSPS) is 15.6. The highest BCUT2D eigenvalue weighted by atomic mass is 32.2. The molecule has 7 nitrogen and oxygen atoms in total. The quantitative estimate of drug-likeness (QED) is 0.695. The van der Waals surface area contributed by atoms with E-state index in [2.05, 4.69) is 28.3 Å².